The van der Waals surface area contributed by atoms with E-state index in [4.69, 9.17) is 5.26 Å². The molecule has 1 aromatic heterocycles. The molecule has 0 bridgehead atoms. The Morgan fingerprint density at radius 2 is 2.21 bits per heavy atom. The highest BCUT2D eigenvalue weighted by molar-refractivity contribution is 5.42. The summed E-state index contributed by atoms with van der Waals surface area (Å²) in [5.41, 5.74) is 3.24. The molecule has 1 aromatic carbocycles. The molecule has 2 aromatic rings. The summed E-state index contributed by atoms with van der Waals surface area (Å²) < 4.78 is 1.65. The second kappa shape index (κ2) is 5.63. The van der Waals surface area contributed by atoms with E-state index in [2.05, 4.69) is 47.4 Å². The fourth-order valence-corrected chi connectivity index (χ4v) is 1.76. The number of nitriles is 1. The summed E-state index contributed by atoms with van der Waals surface area (Å²) in [6, 6.07) is 8.60. The highest BCUT2D eigenvalue weighted by atomic mass is 15.3. The molecule has 0 saturated heterocycles. The SMILES string of the molecule is Cc1ccc(CNC(C)C)cc1-n1cnc(C#N)n1. The molecule has 1 N–H and O–H groups in total. The van der Waals surface area contributed by atoms with Crippen molar-refractivity contribution in [2.75, 3.05) is 0 Å². The topological polar surface area (TPSA) is 66.5 Å². The lowest BCUT2D eigenvalue weighted by Gasteiger charge is -2.11. The van der Waals surface area contributed by atoms with E-state index in [1.165, 1.54) is 5.56 Å². The van der Waals surface area contributed by atoms with Crippen molar-refractivity contribution in [3.05, 3.63) is 41.5 Å². The maximum atomic E-state index is 8.77. The van der Waals surface area contributed by atoms with Crippen LogP contribution in [-0.2, 0) is 6.54 Å². The molecular formula is C14H17N5. The van der Waals surface area contributed by atoms with Crippen molar-refractivity contribution in [1.29, 1.82) is 5.26 Å². The molecule has 5 heteroatoms. The third kappa shape index (κ3) is 3.18. The number of hydrogen-bond donors (Lipinski definition) is 1. The van der Waals surface area contributed by atoms with Gasteiger partial charge in [0, 0.05) is 12.6 Å². The van der Waals surface area contributed by atoms with Crippen molar-refractivity contribution in [3.63, 3.8) is 0 Å². The van der Waals surface area contributed by atoms with Crippen LogP contribution in [0.1, 0.15) is 30.8 Å². The molecular weight excluding hydrogens is 238 g/mol. The monoisotopic (exact) mass is 255 g/mol. The van der Waals surface area contributed by atoms with Crippen LogP contribution >= 0.6 is 0 Å². The molecule has 0 fully saturated rings. The number of rotatable bonds is 4. The van der Waals surface area contributed by atoms with E-state index in [1.807, 2.05) is 13.0 Å². The first kappa shape index (κ1) is 13.2. The Hall–Kier alpha value is -2.19. The number of nitrogens with one attached hydrogen (secondary N) is 1. The molecule has 0 atom stereocenters. The Bertz CT molecular complexity index is 607. The van der Waals surface area contributed by atoms with E-state index in [1.54, 1.807) is 11.0 Å². The largest absolute Gasteiger partial charge is 0.310 e. The zero-order chi connectivity index (χ0) is 13.8. The highest BCUT2D eigenvalue weighted by Gasteiger charge is 2.06. The average molecular weight is 255 g/mol. The van der Waals surface area contributed by atoms with Gasteiger partial charge in [-0.25, -0.2) is 9.67 Å². The Morgan fingerprint density at radius 1 is 1.42 bits per heavy atom. The second-order valence-electron chi connectivity index (χ2n) is 4.78. The van der Waals surface area contributed by atoms with Crippen LogP contribution in [0.15, 0.2) is 24.5 Å². The number of aromatic nitrogens is 3. The van der Waals surface area contributed by atoms with Crippen LogP contribution in [0, 0.1) is 18.3 Å². The Kier molecular flexibility index (Phi) is 3.93. The predicted molar refractivity (Wildman–Crippen MR) is 72.8 cm³/mol. The molecule has 0 amide bonds. The summed E-state index contributed by atoms with van der Waals surface area (Å²) in [7, 11) is 0. The summed E-state index contributed by atoms with van der Waals surface area (Å²) in [6.45, 7) is 7.06. The van der Waals surface area contributed by atoms with Gasteiger partial charge in [-0.2, -0.15) is 5.26 Å². The summed E-state index contributed by atoms with van der Waals surface area (Å²) in [4.78, 5) is 3.93. The molecule has 0 aliphatic carbocycles. The van der Waals surface area contributed by atoms with Gasteiger partial charge >= 0.3 is 0 Å². The van der Waals surface area contributed by atoms with Crippen LogP contribution in [0.4, 0.5) is 0 Å². The van der Waals surface area contributed by atoms with Crippen molar-refractivity contribution in [2.24, 2.45) is 0 Å². The molecule has 1 heterocycles. The minimum absolute atomic E-state index is 0.185. The highest BCUT2D eigenvalue weighted by Crippen LogP contribution is 2.15. The van der Waals surface area contributed by atoms with Crippen LogP contribution < -0.4 is 5.32 Å². The molecule has 19 heavy (non-hydrogen) atoms. The second-order valence-corrected chi connectivity index (χ2v) is 4.78. The molecule has 2 rings (SSSR count). The Labute approximate surface area is 112 Å². The van der Waals surface area contributed by atoms with Gasteiger partial charge in [-0.05, 0) is 24.1 Å². The molecule has 0 spiro atoms. The molecule has 0 saturated carbocycles. The van der Waals surface area contributed by atoms with Crippen LogP contribution in [-0.4, -0.2) is 20.8 Å². The standard InChI is InChI=1S/C14H17N5/c1-10(2)16-8-12-5-4-11(3)13(6-12)19-9-17-14(7-15)18-19/h4-6,9-10,16H,8H2,1-3H3. The van der Waals surface area contributed by atoms with Gasteiger partial charge in [-0.15, -0.1) is 5.10 Å². The Morgan fingerprint density at radius 3 is 2.84 bits per heavy atom. The smallest absolute Gasteiger partial charge is 0.252 e. The van der Waals surface area contributed by atoms with Crippen LogP contribution in [0.3, 0.4) is 0 Å². The number of nitrogens with zero attached hydrogens (tertiary/aromatic N) is 4. The van der Waals surface area contributed by atoms with Crippen LogP contribution in [0.2, 0.25) is 0 Å². The third-order valence-electron chi connectivity index (χ3n) is 2.83. The van der Waals surface area contributed by atoms with Crippen LogP contribution in [0.25, 0.3) is 5.69 Å². The number of hydrogen-bond acceptors (Lipinski definition) is 4. The van der Waals surface area contributed by atoms with Crippen molar-refractivity contribution in [2.45, 2.75) is 33.4 Å². The lowest BCUT2D eigenvalue weighted by molar-refractivity contribution is 0.588. The fourth-order valence-electron chi connectivity index (χ4n) is 1.76. The molecule has 0 radical (unpaired) electrons. The minimum Gasteiger partial charge on any atom is -0.310 e. The van der Waals surface area contributed by atoms with E-state index in [0.717, 1.165) is 17.8 Å². The van der Waals surface area contributed by atoms with Gasteiger partial charge in [0.15, 0.2) is 0 Å². The van der Waals surface area contributed by atoms with Crippen molar-refractivity contribution in [3.8, 4) is 11.8 Å². The van der Waals surface area contributed by atoms with E-state index in [0.29, 0.717) is 6.04 Å². The van der Waals surface area contributed by atoms with Gasteiger partial charge in [0.25, 0.3) is 5.82 Å². The molecule has 0 unspecified atom stereocenters. The van der Waals surface area contributed by atoms with E-state index in [-0.39, 0.29) is 5.82 Å². The number of benzene rings is 1. The van der Waals surface area contributed by atoms with Gasteiger partial charge < -0.3 is 5.32 Å². The predicted octanol–water partition coefficient (Wildman–Crippen LogP) is 1.95. The van der Waals surface area contributed by atoms with Crippen LogP contribution in [0.5, 0.6) is 0 Å². The zero-order valence-electron chi connectivity index (χ0n) is 11.4. The lowest BCUT2D eigenvalue weighted by Crippen LogP contribution is -2.21. The maximum Gasteiger partial charge on any atom is 0.252 e. The van der Waals surface area contributed by atoms with Crippen molar-refractivity contribution >= 4 is 0 Å². The van der Waals surface area contributed by atoms with Gasteiger partial charge in [0.2, 0.25) is 0 Å². The fraction of sp³-hybridized carbons (Fsp3) is 0.357. The molecule has 5 nitrogen and oxygen atoms in total. The molecule has 98 valence electrons. The van der Waals surface area contributed by atoms with Gasteiger partial charge in [0.05, 0.1) is 5.69 Å². The van der Waals surface area contributed by atoms with E-state index >= 15 is 0 Å². The zero-order valence-corrected chi connectivity index (χ0v) is 11.4. The first-order valence-corrected chi connectivity index (χ1v) is 6.25. The molecule has 0 aliphatic rings. The van der Waals surface area contributed by atoms with E-state index in [9.17, 15) is 0 Å². The Balaban J connectivity index is 2.29. The molecule has 0 aliphatic heterocycles. The maximum absolute atomic E-state index is 8.77. The first-order valence-electron chi connectivity index (χ1n) is 6.25. The number of aryl methyl sites for hydroxylation is 1. The van der Waals surface area contributed by atoms with Gasteiger partial charge in [-0.3, -0.25) is 0 Å². The third-order valence-corrected chi connectivity index (χ3v) is 2.83. The van der Waals surface area contributed by atoms with Gasteiger partial charge in [0.1, 0.15) is 12.4 Å². The van der Waals surface area contributed by atoms with Crippen molar-refractivity contribution < 1.29 is 0 Å². The normalized spacial score (nSPS) is 10.7. The summed E-state index contributed by atoms with van der Waals surface area (Å²) in [5, 5.41) is 16.3. The average Bonchev–Trinajstić information content (AvgIpc) is 2.86. The van der Waals surface area contributed by atoms with Gasteiger partial charge in [-0.1, -0.05) is 26.0 Å². The quantitative estimate of drug-likeness (QED) is 0.906. The first-order chi connectivity index (χ1) is 9.10. The lowest BCUT2D eigenvalue weighted by atomic mass is 10.1. The summed E-state index contributed by atoms with van der Waals surface area (Å²) in [5.74, 6) is 0.185. The van der Waals surface area contributed by atoms with Crippen molar-refractivity contribution in [1.82, 2.24) is 20.1 Å². The van der Waals surface area contributed by atoms with E-state index < -0.39 is 0 Å². The minimum atomic E-state index is 0.185. The summed E-state index contributed by atoms with van der Waals surface area (Å²) in [6.07, 6.45) is 1.57. The summed E-state index contributed by atoms with van der Waals surface area (Å²) >= 11 is 0.